The van der Waals surface area contributed by atoms with E-state index in [1.54, 1.807) is 0 Å². The second-order valence-electron chi connectivity index (χ2n) is 10.9. The standard InChI is InChI=1S/C35H30N4Si/c1-40(2,3)32-21-20-31(24-36-32)29-18-10-16-27(22-29)28-17-11-19-30(23-28)35-38-33(25-12-6-4-7-13-25)37-34(39-35)26-14-8-5-9-15-26/h4-24H,1-3H3. The summed E-state index contributed by atoms with van der Waals surface area (Å²) in [5, 5.41) is 1.22. The van der Waals surface area contributed by atoms with Crippen molar-refractivity contribution in [3.05, 3.63) is 128 Å². The van der Waals surface area contributed by atoms with E-state index in [9.17, 15) is 0 Å². The van der Waals surface area contributed by atoms with E-state index in [0.29, 0.717) is 17.5 Å². The average Bonchev–Trinajstić information content (AvgIpc) is 3.01. The Balaban J connectivity index is 1.39. The lowest BCUT2D eigenvalue weighted by Crippen LogP contribution is -2.39. The van der Waals surface area contributed by atoms with E-state index in [4.69, 9.17) is 19.9 Å². The summed E-state index contributed by atoms with van der Waals surface area (Å²) < 4.78 is 0. The molecule has 2 heterocycles. The lowest BCUT2D eigenvalue weighted by Gasteiger charge is -2.15. The van der Waals surface area contributed by atoms with Crippen molar-refractivity contribution in [3.63, 3.8) is 0 Å². The predicted molar refractivity (Wildman–Crippen MR) is 168 cm³/mol. The lowest BCUT2D eigenvalue weighted by atomic mass is 9.98. The first kappa shape index (κ1) is 25.5. The molecule has 0 atom stereocenters. The van der Waals surface area contributed by atoms with E-state index in [1.807, 2.05) is 66.9 Å². The van der Waals surface area contributed by atoms with Gasteiger partial charge in [-0.1, -0.05) is 123 Å². The molecule has 6 aromatic rings. The molecule has 0 bridgehead atoms. The quantitative estimate of drug-likeness (QED) is 0.202. The molecule has 0 amide bonds. The maximum Gasteiger partial charge on any atom is 0.164 e. The second kappa shape index (κ2) is 10.8. The van der Waals surface area contributed by atoms with Gasteiger partial charge in [0.05, 0.1) is 0 Å². The highest BCUT2D eigenvalue weighted by Crippen LogP contribution is 2.30. The van der Waals surface area contributed by atoms with Crippen LogP contribution < -0.4 is 5.32 Å². The van der Waals surface area contributed by atoms with Crippen LogP contribution in [0.5, 0.6) is 0 Å². The van der Waals surface area contributed by atoms with E-state index < -0.39 is 8.07 Å². The molecule has 0 saturated heterocycles. The van der Waals surface area contributed by atoms with E-state index in [-0.39, 0.29) is 0 Å². The summed E-state index contributed by atoms with van der Waals surface area (Å²) in [7, 11) is -1.44. The zero-order valence-electron chi connectivity index (χ0n) is 22.9. The summed E-state index contributed by atoms with van der Waals surface area (Å²) in [4.78, 5) is 19.4. The fourth-order valence-electron chi connectivity index (χ4n) is 4.66. The Hall–Kier alpha value is -4.74. The molecule has 5 heteroatoms. The molecule has 40 heavy (non-hydrogen) atoms. The largest absolute Gasteiger partial charge is 0.265 e. The first-order valence-corrected chi connectivity index (χ1v) is 17.0. The molecule has 0 aliphatic rings. The van der Waals surface area contributed by atoms with Crippen molar-refractivity contribution in [1.29, 1.82) is 0 Å². The number of aromatic nitrogens is 4. The van der Waals surface area contributed by atoms with Crippen LogP contribution in [-0.2, 0) is 0 Å². The van der Waals surface area contributed by atoms with E-state index in [2.05, 4.69) is 80.3 Å². The molecule has 0 aliphatic heterocycles. The maximum atomic E-state index is 4.90. The zero-order chi connectivity index (χ0) is 27.5. The number of pyridine rings is 1. The Bertz CT molecular complexity index is 1700. The third-order valence-electron chi connectivity index (χ3n) is 6.88. The summed E-state index contributed by atoms with van der Waals surface area (Å²) in [5.74, 6) is 1.97. The number of nitrogens with zero attached hydrogens (tertiary/aromatic N) is 4. The van der Waals surface area contributed by atoms with Gasteiger partial charge < -0.3 is 0 Å². The fourth-order valence-corrected chi connectivity index (χ4v) is 5.70. The van der Waals surface area contributed by atoms with Crippen LogP contribution >= 0.6 is 0 Å². The van der Waals surface area contributed by atoms with Gasteiger partial charge in [0.25, 0.3) is 0 Å². The highest BCUT2D eigenvalue weighted by atomic mass is 28.3. The van der Waals surface area contributed by atoms with Crippen LogP contribution in [0.3, 0.4) is 0 Å². The van der Waals surface area contributed by atoms with Crippen molar-refractivity contribution >= 4 is 13.4 Å². The van der Waals surface area contributed by atoms with Crippen molar-refractivity contribution in [1.82, 2.24) is 19.9 Å². The van der Waals surface area contributed by atoms with Gasteiger partial charge in [-0.15, -0.1) is 0 Å². The summed E-state index contributed by atoms with van der Waals surface area (Å²) >= 11 is 0. The summed E-state index contributed by atoms with van der Waals surface area (Å²) in [5.41, 5.74) is 7.37. The molecule has 0 unspecified atom stereocenters. The van der Waals surface area contributed by atoms with Gasteiger partial charge in [-0.05, 0) is 40.5 Å². The van der Waals surface area contributed by atoms with Gasteiger partial charge >= 0.3 is 0 Å². The smallest absolute Gasteiger partial charge is 0.164 e. The molecule has 4 aromatic carbocycles. The third kappa shape index (κ3) is 5.51. The summed E-state index contributed by atoms with van der Waals surface area (Å²) in [6.07, 6.45) is 2.00. The van der Waals surface area contributed by atoms with Gasteiger partial charge in [0.15, 0.2) is 17.5 Å². The topological polar surface area (TPSA) is 51.6 Å². The molecule has 0 fully saturated rings. The Morgan fingerprint density at radius 1 is 0.400 bits per heavy atom. The van der Waals surface area contributed by atoms with Crippen LogP contribution in [-0.4, -0.2) is 28.0 Å². The van der Waals surface area contributed by atoms with Crippen molar-refractivity contribution in [2.45, 2.75) is 19.6 Å². The van der Waals surface area contributed by atoms with Gasteiger partial charge in [-0.25, -0.2) is 15.0 Å². The minimum Gasteiger partial charge on any atom is -0.265 e. The lowest BCUT2D eigenvalue weighted by molar-refractivity contribution is 1.07. The molecule has 0 N–H and O–H groups in total. The second-order valence-corrected chi connectivity index (χ2v) is 15.9. The van der Waals surface area contributed by atoms with Crippen molar-refractivity contribution in [2.24, 2.45) is 0 Å². The molecule has 194 valence electrons. The Kier molecular flexibility index (Phi) is 6.89. The van der Waals surface area contributed by atoms with Gasteiger partial charge in [0.2, 0.25) is 0 Å². The van der Waals surface area contributed by atoms with Gasteiger partial charge in [0, 0.05) is 28.2 Å². The SMILES string of the molecule is C[Si](C)(C)c1ccc(-c2cccc(-c3cccc(-c4nc(-c5ccccc5)nc(-c5ccccc5)n4)c3)c2)cn1. The molecule has 2 aromatic heterocycles. The van der Waals surface area contributed by atoms with E-state index in [1.165, 1.54) is 5.32 Å². The van der Waals surface area contributed by atoms with Gasteiger partial charge in [-0.2, -0.15) is 0 Å². The van der Waals surface area contributed by atoms with E-state index in [0.717, 1.165) is 38.9 Å². The minimum absolute atomic E-state index is 0.650. The van der Waals surface area contributed by atoms with Crippen molar-refractivity contribution in [3.8, 4) is 56.4 Å². The fraction of sp³-hybridized carbons (Fsp3) is 0.0857. The summed E-state index contributed by atoms with van der Waals surface area (Å²) in [6.45, 7) is 6.96. The molecule has 0 radical (unpaired) electrons. The Labute approximate surface area is 236 Å². The molecule has 4 nitrogen and oxygen atoms in total. The maximum absolute atomic E-state index is 4.90. The van der Waals surface area contributed by atoms with Crippen LogP contribution in [0.1, 0.15) is 0 Å². The van der Waals surface area contributed by atoms with Gasteiger partial charge in [-0.3, -0.25) is 4.98 Å². The normalized spacial score (nSPS) is 11.4. The van der Waals surface area contributed by atoms with Crippen LogP contribution in [0.15, 0.2) is 128 Å². The summed E-state index contributed by atoms with van der Waals surface area (Å²) in [6, 6.07) is 41.5. The predicted octanol–water partition coefficient (Wildman–Crippen LogP) is 8.15. The molecule has 6 rings (SSSR count). The Morgan fingerprint density at radius 2 is 0.825 bits per heavy atom. The van der Waals surface area contributed by atoms with Crippen LogP contribution in [0, 0.1) is 0 Å². The molecule has 0 spiro atoms. The molecule has 0 saturated carbocycles. The molecular formula is C35H30N4Si. The number of hydrogen-bond acceptors (Lipinski definition) is 4. The van der Waals surface area contributed by atoms with Crippen LogP contribution in [0.25, 0.3) is 56.4 Å². The minimum atomic E-state index is -1.44. The monoisotopic (exact) mass is 534 g/mol. The number of rotatable bonds is 6. The molecular weight excluding hydrogens is 504 g/mol. The third-order valence-corrected chi connectivity index (χ3v) is 8.71. The van der Waals surface area contributed by atoms with E-state index >= 15 is 0 Å². The van der Waals surface area contributed by atoms with Crippen LogP contribution in [0.4, 0.5) is 0 Å². The molecule has 0 aliphatic carbocycles. The van der Waals surface area contributed by atoms with Crippen LogP contribution in [0.2, 0.25) is 19.6 Å². The van der Waals surface area contributed by atoms with Crippen molar-refractivity contribution < 1.29 is 0 Å². The van der Waals surface area contributed by atoms with Crippen molar-refractivity contribution in [2.75, 3.05) is 0 Å². The number of benzene rings is 4. The van der Waals surface area contributed by atoms with Gasteiger partial charge in [0.1, 0.15) is 8.07 Å². The Morgan fingerprint density at radius 3 is 1.30 bits per heavy atom. The zero-order valence-corrected chi connectivity index (χ0v) is 23.9. The first-order valence-electron chi connectivity index (χ1n) is 13.5. The highest BCUT2D eigenvalue weighted by Gasteiger charge is 2.18. The first-order chi connectivity index (χ1) is 19.4. The number of hydrogen-bond donors (Lipinski definition) is 0. The highest BCUT2D eigenvalue weighted by molar-refractivity contribution is 6.88. The average molecular weight is 535 g/mol.